The van der Waals surface area contributed by atoms with Crippen LogP contribution in [0.3, 0.4) is 0 Å². The highest BCUT2D eigenvalue weighted by Gasteiger charge is 2.11. The molecular weight excluding hydrogens is 220 g/mol. The zero-order valence-corrected chi connectivity index (χ0v) is 12.4. The Hall–Kier alpha value is -0.760. The molecule has 1 heterocycles. The Balaban J connectivity index is 0. The van der Waals surface area contributed by atoms with Gasteiger partial charge in [-0.15, -0.1) is 0 Å². The maximum absolute atomic E-state index is 2.49. The molecule has 0 aliphatic carbocycles. The van der Waals surface area contributed by atoms with Crippen LogP contribution in [0.5, 0.6) is 0 Å². The summed E-state index contributed by atoms with van der Waals surface area (Å²) in [5.74, 6) is 0. The van der Waals surface area contributed by atoms with Gasteiger partial charge in [-0.05, 0) is 39.4 Å². The highest BCUT2D eigenvalue weighted by atomic mass is 15.2. The van der Waals surface area contributed by atoms with Crippen LogP contribution in [0.1, 0.15) is 48.0 Å². The van der Waals surface area contributed by atoms with Crippen molar-refractivity contribution in [3.05, 3.63) is 23.9 Å². The standard InChI is InChI=1S/C13H24N2.C2H6.CH4/c1-4-5-6-8-13(2)15-10-7-9-14(3)11-12-15;1-2;/h5-6,8H,4,7,9-12H2,1-3H3;1-2H3;1H4/b6-5-,13-8+;;. The number of rotatable bonds is 3. The molecule has 108 valence electrons. The quantitative estimate of drug-likeness (QED) is 0.698. The number of hydrogen-bond donors (Lipinski definition) is 0. The number of likely N-dealkylation sites (N-methyl/N-ethyl adjacent to an activating group) is 1. The minimum Gasteiger partial charge on any atom is -0.374 e. The third-order valence-corrected chi connectivity index (χ3v) is 2.93. The third kappa shape index (κ3) is 8.35. The Labute approximate surface area is 115 Å². The van der Waals surface area contributed by atoms with Crippen LogP contribution in [0.4, 0.5) is 0 Å². The van der Waals surface area contributed by atoms with E-state index in [0.717, 1.165) is 6.42 Å². The highest BCUT2D eigenvalue weighted by Crippen LogP contribution is 2.08. The lowest BCUT2D eigenvalue weighted by Crippen LogP contribution is -2.27. The third-order valence-electron chi connectivity index (χ3n) is 2.93. The Bertz CT molecular complexity index is 231. The summed E-state index contributed by atoms with van der Waals surface area (Å²) in [7, 11) is 2.21. The van der Waals surface area contributed by atoms with E-state index < -0.39 is 0 Å². The molecule has 0 aromatic heterocycles. The topological polar surface area (TPSA) is 6.48 Å². The summed E-state index contributed by atoms with van der Waals surface area (Å²) in [6.07, 6.45) is 9.00. The maximum Gasteiger partial charge on any atom is 0.0302 e. The van der Waals surface area contributed by atoms with Gasteiger partial charge in [0.25, 0.3) is 0 Å². The van der Waals surface area contributed by atoms with Crippen LogP contribution in [0.15, 0.2) is 23.9 Å². The Morgan fingerprint density at radius 3 is 2.39 bits per heavy atom. The van der Waals surface area contributed by atoms with Crippen LogP contribution in [-0.2, 0) is 0 Å². The van der Waals surface area contributed by atoms with Crippen molar-refractivity contribution < 1.29 is 0 Å². The molecule has 0 atom stereocenters. The molecule has 0 aromatic rings. The molecule has 0 aromatic carbocycles. The molecule has 0 saturated carbocycles. The molecule has 1 rings (SSSR count). The van der Waals surface area contributed by atoms with Crippen LogP contribution in [-0.4, -0.2) is 43.0 Å². The Kier molecular flexibility index (Phi) is 13.8. The fourth-order valence-corrected chi connectivity index (χ4v) is 1.85. The lowest BCUT2D eigenvalue weighted by Gasteiger charge is -2.23. The minimum absolute atomic E-state index is 0. The smallest absolute Gasteiger partial charge is 0.0302 e. The molecular formula is C16H34N2. The summed E-state index contributed by atoms with van der Waals surface area (Å²) in [5.41, 5.74) is 1.40. The van der Waals surface area contributed by atoms with Gasteiger partial charge in [0.15, 0.2) is 0 Å². The van der Waals surface area contributed by atoms with Gasteiger partial charge in [0.1, 0.15) is 0 Å². The van der Waals surface area contributed by atoms with Gasteiger partial charge in [0.05, 0.1) is 0 Å². The second kappa shape index (κ2) is 12.7. The van der Waals surface area contributed by atoms with Crippen LogP contribution >= 0.6 is 0 Å². The fraction of sp³-hybridized carbons (Fsp3) is 0.750. The predicted octanol–water partition coefficient (Wildman–Crippen LogP) is 4.16. The first-order chi connectivity index (χ1) is 8.24. The van der Waals surface area contributed by atoms with E-state index in [2.05, 4.69) is 48.9 Å². The van der Waals surface area contributed by atoms with Crippen molar-refractivity contribution in [1.82, 2.24) is 9.80 Å². The monoisotopic (exact) mass is 254 g/mol. The molecule has 0 N–H and O–H groups in total. The lowest BCUT2D eigenvalue weighted by atomic mass is 10.3. The lowest BCUT2D eigenvalue weighted by molar-refractivity contribution is 0.326. The van der Waals surface area contributed by atoms with E-state index in [0.29, 0.717) is 0 Å². The Morgan fingerprint density at radius 1 is 1.11 bits per heavy atom. The van der Waals surface area contributed by atoms with Gasteiger partial charge in [-0.2, -0.15) is 0 Å². The van der Waals surface area contributed by atoms with Crippen LogP contribution in [0.25, 0.3) is 0 Å². The summed E-state index contributed by atoms with van der Waals surface area (Å²) in [6.45, 7) is 13.2. The van der Waals surface area contributed by atoms with Crippen LogP contribution in [0, 0.1) is 0 Å². The van der Waals surface area contributed by atoms with Crippen molar-refractivity contribution in [3.63, 3.8) is 0 Å². The van der Waals surface area contributed by atoms with Crippen molar-refractivity contribution >= 4 is 0 Å². The maximum atomic E-state index is 2.49. The number of nitrogens with zero attached hydrogens (tertiary/aromatic N) is 2. The van der Waals surface area contributed by atoms with Crippen LogP contribution in [0.2, 0.25) is 0 Å². The first kappa shape index (κ1) is 19.6. The second-order valence-electron chi connectivity index (χ2n) is 4.29. The molecule has 0 amide bonds. The first-order valence-corrected chi connectivity index (χ1v) is 7.01. The molecule has 1 saturated heterocycles. The summed E-state index contributed by atoms with van der Waals surface area (Å²) < 4.78 is 0. The van der Waals surface area contributed by atoms with Gasteiger partial charge in [-0.3, -0.25) is 0 Å². The van der Waals surface area contributed by atoms with Gasteiger partial charge < -0.3 is 9.80 Å². The molecule has 1 aliphatic heterocycles. The molecule has 18 heavy (non-hydrogen) atoms. The number of hydrogen-bond acceptors (Lipinski definition) is 2. The second-order valence-corrected chi connectivity index (χ2v) is 4.29. The average molecular weight is 254 g/mol. The van der Waals surface area contributed by atoms with Crippen LogP contribution < -0.4 is 0 Å². The fourth-order valence-electron chi connectivity index (χ4n) is 1.85. The molecule has 0 radical (unpaired) electrons. The average Bonchev–Trinajstić information content (AvgIpc) is 2.57. The van der Waals surface area contributed by atoms with E-state index in [1.165, 1.54) is 38.3 Å². The zero-order chi connectivity index (χ0) is 13.1. The van der Waals surface area contributed by atoms with Crippen molar-refractivity contribution in [1.29, 1.82) is 0 Å². The normalized spacial score (nSPS) is 17.8. The van der Waals surface area contributed by atoms with Gasteiger partial charge in [-0.25, -0.2) is 0 Å². The van der Waals surface area contributed by atoms with Crippen molar-refractivity contribution in [2.24, 2.45) is 0 Å². The largest absolute Gasteiger partial charge is 0.374 e. The molecule has 0 bridgehead atoms. The van der Waals surface area contributed by atoms with Crippen molar-refractivity contribution in [3.8, 4) is 0 Å². The van der Waals surface area contributed by atoms with Gasteiger partial charge >= 0.3 is 0 Å². The SMILES string of the molecule is C.CC.CC/C=C\C=C(/C)N1CCCN(C)CC1. The first-order valence-electron chi connectivity index (χ1n) is 7.01. The summed E-state index contributed by atoms with van der Waals surface area (Å²) in [4.78, 5) is 4.90. The summed E-state index contributed by atoms with van der Waals surface area (Å²) in [5, 5.41) is 0. The molecule has 0 unspecified atom stereocenters. The van der Waals surface area contributed by atoms with Crippen molar-refractivity contribution in [2.75, 3.05) is 33.2 Å². The molecule has 1 fully saturated rings. The van der Waals surface area contributed by atoms with Gasteiger partial charge in [-0.1, -0.05) is 40.3 Å². The summed E-state index contributed by atoms with van der Waals surface area (Å²) >= 11 is 0. The van der Waals surface area contributed by atoms with E-state index in [1.54, 1.807) is 0 Å². The van der Waals surface area contributed by atoms with Gasteiger partial charge in [0, 0.05) is 25.3 Å². The molecule has 0 spiro atoms. The zero-order valence-electron chi connectivity index (χ0n) is 12.4. The van der Waals surface area contributed by atoms with Gasteiger partial charge in [0.2, 0.25) is 0 Å². The predicted molar refractivity (Wildman–Crippen MR) is 85.0 cm³/mol. The van der Waals surface area contributed by atoms with E-state index in [1.807, 2.05) is 13.8 Å². The molecule has 2 nitrogen and oxygen atoms in total. The highest BCUT2D eigenvalue weighted by molar-refractivity contribution is 5.10. The number of allylic oxidation sites excluding steroid dienone is 4. The summed E-state index contributed by atoms with van der Waals surface area (Å²) in [6, 6.07) is 0. The minimum atomic E-state index is 0. The van der Waals surface area contributed by atoms with E-state index >= 15 is 0 Å². The molecule has 1 aliphatic rings. The van der Waals surface area contributed by atoms with E-state index in [4.69, 9.17) is 0 Å². The van der Waals surface area contributed by atoms with E-state index in [-0.39, 0.29) is 7.43 Å². The Morgan fingerprint density at radius 2 is 1.78 bits per heavy atom. The van der Waals surface area contributed by atoms with Crippen molar-refractivity contribution in [2.45, 2.75) is 48.0 Å². The van der Waals surface area contributed by atoms with E-state index in [9.17, 15) is 0 Å². The molecule has 2 heteroatoms.